The van der Waals surface area contributed by atoms with E-state index < -0.39 is 0 Å². The van der Waals surface area contributed by atoms with Crippen molar-refractivity contribution in [3.8, 4) is 0 Å². The van der Waals surface area contributed by atoms with Crippen molar-refractivity contribution in [3.63, 3.8) is 0 Å². The molecule has 80 valence electrons. The van der Waals surface area contributed by atoms with Crippen molar-refractivity contribution >= 4 is 0 Å². The van der Waals surface area contributed by atoms with Crippen LogP contribution in [0, 0.1) is 11.8 Å². The van der Waals surface area contributed by atoms with Crippen molar-refractivity contribution in [1.29, 1.82) is 0 Å². The van der Waals surface area contributed by atoms with Crippen molar-refractivity contribution in [2.75, 3.05) is 19.6 Å². The summed E-state index contributed by atoms with van der Waals surface area (Å²) in [7, 11) is 0. The summed E-state index contributed by atoms with van der Waals surface area (Å²) in [6.45, 7) is 6.42. The molecule has 0 spiro atoms. The van der Waals surface area contributed by atoms with E-state index in [1.165, 1.54) is 45.3 Å². The molecule has 1 aliphatic carbocycles. The van der Waals surface area contributed by atoms with Crippen LogP contribution in [0.2, 0.25) is 0 Å². The molecule has 0 aromatic rings. The average molecular weight is 194 g/mol. The highest BCUT2D eigenvalue weighted by atomic mass is 15.2. The van der Waals surface area contributed by atoms with Gasteiger partial charge in [-0.05, 0) is 57.5 Å². The zero-order valence-corrected chi connectivity index (χ0v) is 9.21. The van der Waals surface area contributed by atoms with Crippen LogP contribution in [0.1, 0.15) is 32.6 Å². The molecule has 1 N–H and O–H groups in total. The zero-order chi connectivity index (χ0) is 9.54. The number of nitrogens with one attached hydrogen (secondary N) is 1. The Hall–Kier alpha value is -0.0800. The third-order valence-electron chi connectivity index (χ3n) is 4.57. The second kappa shape index (κ2) is 3.49. The number of hydrogen-bond acceptors (Lipinski definition) is 2. The number of likely N-dealkylation sites (tertiary alicyclic amines) is 1. The van der Waals surface area contributed by atoms with Crippen LogP contribution in [0.3, 0.4) is 0 Å². The normalized spacial score (nSPS) is 40.9. The van der Waals surface area contributed by atoms with Crippen LogP contribution in [0.4, 0.5) is 0 Å². The molecule has 0 aromatic heterocycles. The van der Waals surface area contributed by atoms with E-state index in [1.54, 1.807) is 0 Å². The monoisotopic (exact) mass is 194 g/mol. The summed E-state index contributed by atoms with van der Waals surface area (Å²) in [5.41, 5.74) is 0. The van der Waals surface area contributed by atoms with Gasteiger partial charge in [0.05, 0.1) is 0 Å². The van der Waals surface area contributed by atoms with E-state index >= 15 is 0 Å². The first-order chi connectivity index (χ1) is 6.84. The van der Waals surface area contributed by atoms with Crippen LogP contribution in [0.15, 0.2) is 0 Å². The van der Waals surface area contributed by atoms with Gasteiger partial charge in [0.15, 0.2) is 0 Å². The lowest BCUT2D eigenvalue weighted by Crippen LogP contribution is -2.48. The number of nitrogens with zero attached hydrogens (tertiary/aromatic N) is 1. The SMILES string of the molecule is CC(C1CC1)N1CCC2NCCC2C1. The minimum Gasteiger partial charge on any atom is -0.314 e. The zero-order valence-electron chi connectivity index (χ0n) is 9.21. The predicted octanol–water partition coefficient (Wildman–Crippen LogP) is 1.47. The molecule has 3 atom stereocenters. The van der Waals surface area contributed by atoms with E-state index in [2.05, 4.69) is 17.1 Å². The Balaban J connectivity index is 1.60. The summed E-state index contributed by atoms with van der Waals surface area (Å²) in [6, 6.07) is 1.73. The summed E-state index contributed by atoms with van der Waals surface area (Å²) < 4.78 is 0. The molecule has 2 saturated heterocycles. The van der Waals surface area contributed by atoms with E-state index in [9.17, 15) is 0 Å². The van der Waals surface area contributed by atoms with Gasteiger partial charge in [0.25, 0.3) is 0 Å². The van der Waals surface area contributed by atoms with Crippen LogP contribution in [-0.2, 0) is 0 Å². The quantitative estimate of drug-likeness (QED) is 0.716. The fourth-order valence-electron chi connectivity index (χ4n) is 3.32. The Morgan fingerprint density at radius 3 is 2.86 bits per heavy atom. The molecular formula is C12H22N2. The summed E-state index contributed by atoms with van der Waals surface area (Å²) in [4.78, 5) is 2.76. The molecule has 2 heteroatoms. The summed E-state index contributed by atoms with van der Waals surface area (Å²) in [6.07, 6.45) is 5.79. The first-order valence-corrected chi connectivity index (χ1v) is 6.32. The minimum atomic E-state index is 0.859. The second-order valence-corrected chi connectivity index (χ2v) is 5.47. The van der Waals surface area contributed by atoms with Gasteiger partial charge >= 0.3 is 0 Å². The Morgan fingerprint density at radius 2 is 2.07 bits per heavy atom. The fourth-order valence-corrected chi connectivity index (χ4v) is 3.32. The molecule has 3 rings (SSSR count). The first kappa shape index (κ1) is 9.17. The van der Waals surface area contributed by atoms with Crippen LogP contribution in [0.25, 0.3) is 0 Å². The van der Waals surface area contributed by atoms with Gasteiger partial charge in [-0.25, -0.2) is 0 Å². The standard InChI is InChI=1S/C12H22N2/c1-9(10-2-3-10)14-7-5-12-11(8-14)4-6-13-12/h9-13H,2-8H2,1H3. The third kappa shape index (κ3) is 1.59. The van der Waals surface area contributed by atoms with E-state index in [0.717, 1.165) is 23.9 Å². The lowest BCUT2D eigenvalue weighted by Gasteiger charge is -2.38. The number of hydrogen-bond donors (Lipinski definition) is 1. The molecule has 2 nitrogen and oxygen atoms in total. The van der Waals surface area contributed by atoms with Gasteiger partial charge < -0.3 is 5.32 Å². The lowest BCUT2D eigenvalue weighted by molar-refractivity contribution is 0.111. The highest BCUT2D eigenvalue weighted by Crippen LogP contribution is 2.37. The van der Waals surface area contributed by atoms with E-state index in [-0.39, 0.29) is 0 Å². The molecular weight excluding hydrogens is 172 g/mol. The summed E-state index contributed by atoms with van der Waals surface area (Å²) in [5, 5.41) is 3.64. The van der Waals surface area contributed by atoms with Crippen LogP contribution < -0.4 is 5.32 Å². The maximum atomic E-state index is 3.64. The van der Waals surface area contributed by atoms with Gasteiger partial charge in [0.2, 0.25) is 0 Å². The Kier molecular flexibility index (Phi) is 2.29. The maximum absolute atomic E-state index is 3.64. The Morgan fingerprint density at radius 1 is 1.21 bits per heavy atom. The highest BCUT2D eigenvalue weighted by Gasteiger charge is 2.38. The topological polar surface area (TPSA) is 15.3 Å². The van der Waals surface area contributed by atoms with Crippen molar-refractivity contribution in [3.05, 3.63) is 0 Å². The summed E-state index contributed by atoms with van der Waals surface area (Å²) >= 11 is 0. The molecule has 0 aromatic carbocycles. The van der Waals surface area contributed by atoms with Crippen molar-refractivity contribution in [1.82, 2.24) is 10.2 Å². The van der Waals surface area contributed by atoms with Crippen molar-refractivity contribution < 1.29 is 0 Å². The molecule has 2 heterocycles. The molecule has 3 fully saturated rings. The average Bonchev–Trinajstić information content (AvgIpc) is 2.95. The molecule has 14 heavy (non-hydrogen) atoms. The molecule has 3 aliphatic rings. The van der Waals surface area contributed by atoms with Gasteiger partial charge in [0, 0.05) is 18.6 Å². The first-order valence-electron chi connectivity index (χ1n) is 6.32. The number of rotatable bonds is 2. The lowest BCUT2D eigenvalue weighted by atomic mass is 9.92. The van der Waals surface area contributed by atoms with Gasteiger partial charge in [-0.2, -0.15) is 0 Å². The van der Waals surface area contributed by atoms with Crippen LogP contribution in [-0.4, -0.2) is 36.6 Å². The second-order valence-electron chi connectivity index (χ2n) is 5.47. The van der Waals surface area contributed by atoms with Gasteiger partial charge in [0.1, 0.15) is 0 Å². The van der Waals surface area contributed by atoms with Gasteiger partial charge in [-0.1, -0.05) is 0 Å². The Bertz CT molecular complexity index is 212. The highest BCUT2D eigenvalue weighted by molar-refractivity contribution is 4.94. The maximum Gasteiger partial charge on any atom is 0.0120 e. The molecule has 0 bridgehead atoms. The number of fused-ring (bicyclic) bond motifs is 1. The third-order valence-corrected chi connectivity index (χ3v) is 4.57. The predicted molar refractivity (Wildman–Crippen MR) is 58.3 cm³/mol. The van der Waals surface area contributed by atoms with Gasteiger partial charge in [-0.15, -0.1) is 0 Å². The smallest absolute Gasteiger partial charge is 0.0120 e. The molecule has 2 aliphatic heterocycles. The largest absolute Gasteiger partial charge is 0.314 e. The van der Waals surface area contributed by atoms with E-state index in [4.69, 9.17) is 0 Å². The number of piperidine rings is 1. The van der Waals surface area contributed by atoms with E-state index in [0.29, 0.717) is 0 Å². The van der Waals surface area contributed by atoms with Crippen LogP contribution >= 0.6 is 0 Å². The van der Waals surface area contributed by atoms with Crippen molar-refractivity contribution in [2.45, 2.75) is 44.7 Å². The van der Waals surface area contributed by atoms with Gasteiger partial charge in [-0.3, -0.25) is 4.90 Å². The van der Waals surface area contributed by atoms with Crippen molar-refractivity contribution in [2.24, 2.45) is 11.8 Å². The molecule has 0 radical (unpaired) electrons. The molecule has 0 amide bonds. The fraction of sp³-hybridized carbons (Fsp3) is 1.00. The minimum absolute atomic E-state index is 0.859. The molecule has 1 saturated carbocycles. The molecule has 3 unspecified atom stereocenters. The Labute approximate surface area is 87.0 Å². The van der Waals surface area contributed by atoms with E-state index in [1.807, 2.05) is 0 Å². The summed E-state index contributed by atoms with van der Waals surface area (Å²) in [5.74, 6) is 2.01. The van der Waals surface area contributed by atoms with Crippen LogP contribution in [0.5, 0.6) is 0 Å².